The van der Waals surface area contributed by atoms with E-state index >= 15 is 0 Å². The average molecular weight is 248 g/mol. The molecule has 1 saturated heterocycles. The first-order valence-corrected chi connectivity index (χ1v) is 6.89. The second-order valence-electron chi connectivity index (χ2n) is 5.33. The highest BCUT2D eigenvalue weighted by Gasteiger charge is 2.29. The van der Waals surface area contributed by atoms with Crippen molar-refractivity contribution in [3.05, 3.63) is 35.9 Å². The van der Waals surface area contributed by atoms with E-state index in [1.807, 2.05) is 6.07 Å². The number of nitrogens with zero attached hydrogens (tertiary/aromatic N) is 1. The Morgan fingerprint density at radius 3 is 2.72 bits per heavy atom. The summed E-state index contributed by atoms with van der Waals surface area (Å²) < 4.78 is 0. The minimum Gasteiger partial charge on any atom is -0.393 e. The lowest BCUT2D eigenvalue weighted by Crippen LogP contribution is -2.44. The van der Waals surface area contributed by atoms with Crippen LogP contribution in [0.4, 0.5) is 0 Å². The molecule has 0 saturated carbocycles. The first-order chi connectivity index (χ1) is 8.72. The number of aliphatic hydroxyl groups excluding tert-OH is 1. The van der Waals surface area contributed by atoms with E-state index in [4.69, 9.17) is 5.73 Å². The number of benzene rings is 1. The van der Waals surface area contributed by atoms with E-state index in [-0.39, 0.29) is 6.10 Å². The Bertz CT molecular complexity index is 355. The van der Waals surface area contributed by atoms with E-state index in [1.54, 1.807) is 0 Å². The van der Waals surface area contributed by atoms with Gasteiger partial charge in [0.05, 0.1) is 6.10 Å². The molecule has 100 valence electrons. The summed E-state index contributed by atoms with van der Waals surface area (Å²) in [4.78, 5) is 2.47. The summed E-state index contributed by atoms with van der Waals surface area (Å²) in [7, 11) is 0. The maximum absolute atomic E-state index is 9.83. The van der Waals surface area contributed by atoms with Gasteiger partial charge in [-0.3, -0.25) is 4.90 Å². The van der Waals surface area contributed by atoms with Crippen molar-refractivity contribution in [1.29, 1.82) is 0 Å². The van der Waals surface area contributed by atoms with Crippen molar-refractivity contribution in [1.82, 2.24) is 4.90 Å². The van der Waals surface area contributed by atoms with Crippen molar-refractivity contribution in [3.8, 4) is 0 Å². The zero-order valence-corrected chi connectivity index (χ0v) is 11.1. The average Bonchev–Trinajstić information content (AvgIpc) is 2.40. The van der Waals surface area contributed by atoms with Crippen LogP contribution in [0.25, 0.3) is 0 Å². The highest BCUT2D eigenvalue weighted by Crippen LogP contribution is 2.29. The molecular formula is C15H24N2O. The summed E-state index contributed by atoms with van der Waals surface area (Å²) in [5.41, 5.74) is 7.10. The molecule has 2 rings (SSSR count). The Kier molecular flexibility index (Phi) is 4.75. The van der Waals surface area contributed by atoms with Gasteiger partial charge in [-0.25, -0.2) is 0 Å². The smallest absolute Gasteiger partial charge is 0.0590 e. The number of nitrogens with two attached hydrogens (primary N) is 1. The molecule has 3 heteroatoms. The molecule has 0 amide bonds. The van der Waals surface area contributed by atoms with E-state index < -0.39 is 0 Å². The molecule has 1 aromatic rings. The first kappa shape index (κ1) is 13.5. The fourth-order valence-electron chi connectivity index (χ4n) is 2.84. The van der Waals surface area contributed by atoms with E-state index in [0.29, 0.717) is 18.5 Å². The van der Waals surface area contributed by atoms with Crippen molar-refractivity contribution in [2.45, 2.75) is 31.9 Å². The van der Waals surface area contributed by atoms with Crippen LogP contribution in [0.2, 0.25) is 0 Å². The van der Waals surface area contributed by atoms with Gasteiger partial charge in [-0.15, -0.1) is 0 Å². The number of aliphatic hydroxyl groups is 1. The van der Waals surface area contributed by atoms with Crippen molar-refractivity contribution in [3.63, 3.8) is 0 Å². The molecule has 1 aliphatic rings. The molecule has 3 N–H and O–H groups in total. The summed E-state index contributed by atoms with van der Waals surface area (Å²) in [5, 5.41) is 9.83. The van der Waals surface area contributed by atoms with Crippen LogP contribution in [0, 0.1) is 5.92 Å². The second-order valence-corrected chi connectivity index (χ2v) is 5.33. The van der Waals surface area contributed by atoms with Gasteiger partial charge in [0.15, 0.2) is 0 Å². The molecule has 3 nitrogen and oxygen atoms in total. The molecule has 0 aliphatic carbocycles. The van der Waals surface area contributed by atoms with Crippen molar-refractivity contribution < 1.29 is 5.11 Å². The molecule has 0 aromatic heterocycles. The van der Waals surface area contributed by atoms with Crippen LogP contribution in [0.15, 0.2) is 30.3 Å². The minimum absolute atomic E-state index is 0.143. The monoisotopic (exact) mass is 248 g/mol. The molecule has 3 atom stereocenters. The molecule has 1 heterocycles. The van der Waals surface area contributed by atoms with Gasteiger partial charge >= 0.3 is 0 Å². The SMILES string of the molecule is CC1CN(C(CCN)c2ccccc2)CCC1O. The third-order valence-electron chi connectivity index (χ3n) is 3.96. The van der Waals surface area contributed by atoms with E-state index in [1.165, 1.54) is 5.56 Å². The Hall–Kier alpha value is -0.900. The summed E-state index contributed by atoms with van der Waals surface area (Å²) >= 11 is 0. The third-order valence-corrected chi connectivity index (χ3v) is 3.96. The highest BCUT2D eigenvalue weighted by molar-refractivity contribution is 5.19. The third kappa shape index (κ3) is 3.10. The zero-order valence-electron chi connectivity index (χ0n) is 11.1. The number of likely N-dealkylation sites (tertiary alicyclic amines) is 1. The van der Waals surface area contributed by atoms with Gasteiger partial charge in [0.25, 0.3) is 0 Å². The zero-order chi connectivity index (χ0) is 13.0. The quantitative estimate of drug-likeness (QED) is 0.854. The lowest BCUT2D eigenvalue weighted by atomic mass is 9.92. The normalized spacial score (nSPS) is 27.1. The number of hydrogen-bond donors (Lipinski definition) is 2. The molecule has 0 bridgehead atoms. The number of piperidine rings is 1. The number of rotatable bonds is 4. The summed E-state index contributed by atoms with van der Waals surface area (Å²) in [6.45, 7) is 4.75. The summed E-state index contributed by atoms with van der Waals surface area (Å²) in [6.07, 6.45) is 1.71. The minimum atomic E-state index is -0.143. The summed E-state index contributed by atoms with van der Waals surface area (Å²) in [5.74, 6) is 0.350. The topological polar surface area (TPSA) is 49.5 Å². The van der Waals surface area contributed by atoms with Crippen LogP contribution >= 0.6 is 0 Å². The van der Waals surface area contributed by atoms with Crippen LogP contribution < -0.4 is 5.73 Å². The Morgan fingerprint density at radius 2 is 2.11 bits per heavy atom. The van der Waals surface area contributed by atoms with Gasteiger partial charge < -0.3 is 10.8 Å². The van der Waals surface area contributed by atoms with Crippen molar-refractivity contribution >= 4 is 0 Å². The van der Waals surface area contributed by atoms with Crippen molar-refractivity contribution in [2.24, 2.45) is 11.7 Å². The predicted molar refractivity (Wildman–Crippen MR) is 74.2 cm³/mol. The highest BCUT2D eigenvalue weighted by atomic mass is 16.3. The van der Waals surface area contributed by atoms with Gasteiger partial charge in [-0.05, 0) is 30.9 Å². The molecule has 0 spiro atoms. The lowest BCUT2D eigenvalue weighted by Gasteiger charge is -2.39. The maximum Gasteiger partial charge on any atom is 0.0590 e. The Labute approximate surface area is 110 Å². The van der Waals surface area contributed by atoms with Crippen LogP contribution in [0.5, 0.6) is 0 Å². The fourth-order valence-corrected chi connectivity index (χ4v) is 2.84. The fraction of sp³-hybridized carbons (Fsp3) is 0.600. The first-order valence-electron chi connectivity index (χ1n) is 6.89. The molecule has 1 aliphatic heterocycles. The number of hydrogen-bond acceptors (Lipinski definition) is 3. The molecule has 1 fully saturated rings. The Balaban J connectivity index is 2.11. The van der Waals surface area contributed by atoms with Gasteiger partial charge in [-0.2, -0.15) is 0 Å². The van der Waals surface area contributed by atoms with Gasteiger partial charge in [0.1, 0.15) is 0 Å². The van der Waals surface area contributed by atoms with Crippen LogP contribution in [-0.2, 0) is 0 Å². The van der Waals surface area contributed by atoms with Crippen LogP contribution in [0.1, 0.15) is 31.4 Å². The van der Waals surface area contributed by atoms with E-state index in [0.717, 1.165) is 25.9 Å². The predicted octanol–water partition coefficient (Wildman–Crippen LogP) is 1.78. The maximum atomic E-state index is 9.83. The van der Waals surface area contributed by atoms with Gasteiger partial charge in [-0.1, -0.05) is 37.3 Å². The molecule has 3 unspecified atom stereocenters. The van der Waals surface area contributed by atoms with E-state index in [2.05, 4.69) is 36.1 Å². The van der Waals surface area contributed by atoms with Gasteiger partial charge in [0.2, 0.25) is 0 Å². The Morgan fingerprint density at radius 1 is 1.39 bits per heavy atom. The van der Waals surface area contributed by atoms with Crippen LogP contribution in [0.3, 0.4) is 0 Å². The van der Waals surface area contributed by atoms with E-state index in [9.17, 15) is 5.11 Å². The van der Waals surface area contributed by atoms with Gasteiger partial charge in [0, 0.05) is 19.1 Å². The molecular weight excluding hydrogens is 224 g/mol. The standard InChI is InChI=1S/C15H24N2O/c1-12-11-17(10-8-15(12)18)14(7-9-16)13-5-3-2-4-6-13/h2-6,12,14-15,18H,7-11,16H2,1H3. The molecule has 1 aromatic carbocycles. The molecule has 0 radical (unpaired) electrons. The molecule has 18 heavy (non-hydrogen) atoms. The largest absolute Gasteiger partial charge is 0.393 e. The summed E-state index contributed by atoms with van der Waals surface area (Å²) in [6, 6.07) is 11.0. The second kappa shape index (κ2) is 6.32. The van der Waals surface area contributed by atoms with Crippen LogP contribution in [-0.4, -0.2) is 35.7 Å². The van der Waals surface area contributed by atoms with Crippen molar-refractivity contribution in [2.75, 3.05) is 19.6 Å². The lowest BCUT2D eigenvalue weighted by molar-refractivity contribution is 0.0154.